The van der Waals surface area contributed by atoms with Crippen LogP contribution in [0.15, 0.2) is 48.5 Å². The van der Waals surface area contributed by atoms with Gasteiger partial charge in [-0.2, -0.15) is 0 Å². The standard InChI is InChI=1S/C24H28N2O3/c1-16-12-14-26(15-13-16)24(28)21-19-6-4-5-7-20(19)23(27)25(2)22(21)17-8-10-18(29-3)11-9-17/h4-11,16,21-22H,12-15H2,1-3H3/t21-,22-/m1/s1. The van der Waals surface area contributed by atoms with Gasteiger partial charge in [-0.1, -0.05) is 37.3 Å². The fourth-order valence-electron chi connectivity index (χ4n) is 4.58. The highest BCUT2D eigenvalue weighted by Crippen LogP contribution is 2.43. The van der Waals surface area contributed by atoms with Gasteiger partial charge in [-0.15, -0.1) is 0 Å². The zero-order chi connectivity index (χ0) is 20.5. The number of methoxy groups -OCH3 is 1. The highest BCUT2D eigenvalue weighted by molar-refractivity contribution is 6.01. The van der Waals surface area contributed by atoms with Crippen molar-refractivity contribution >= 4 is 11.8 Å². The highest BCUT2D eigenvalue weighted by Gasteiger charge is 2.44. The normalized spacial score (nSPS) is 22.4. The number of nitrogens with zero attached hydrogens (tertiary/aromatic N) is 2. The van der Waals surface area contributed by atoms with Gasteiger partial charge >= 0.3 is 0 Å². The van der Waals surface area contributed by atoms with Crippen molar-refractivity contribution < 1.29 is 14.3 Å². The van der Waals surface area contributed by atoms with E-state index in [4.69, 9.17) is 4.74 Å². The van der Waals surface area contributed by atoms with Crippen LogP contribution in [0.5, 0.6) is 5.75 Å². The number of benzene rings is 2. The summed E-state index contributed by atoms with van der Waals surface area (Å²) in [6.07, 6.45) is 2.06. The Morgan fingerprint density at radius 3 is 2.34 bits per heavy atom. The molecule has 5 heteroatoms. The number of likely N-dealkylation sites (tertiary alicyclic amines) is 1. The molecular formula is C24H28N2O3. The SMILES string of the molecule is COc1ccc([C@@H]2[C@H](C(=O)N3CCC(C)CC3)c3ccccc3C(=O)N2C)cc1. The van der Waals surface area contributed by atoms with Crippen LogP contribution in [0.3, 0.4) is 0 Å². The molecule has 0 saturated carbocycles. The van der Waals surface area contributed by atoms with Crippen LogP contribution in [0.4, 0.5) is 0 Å². The number of piperidine rings is 1. The van der Waals surface area contributed by atoms with E-state index < -0.39 is 5.92 Å². The van der Waals surface area contributed by atoms with E-state index >= 15 is 0 Å². The van der Waals surface area contributed by atoms with Crippen molar-refractivity contribution in [2.75, 3.05) is 27.2 Å². The van der Waals surface area contributed by atoms with E-state index in [9.17, 15) is 9.59 Å². The maximum atomic E-state index is 13.7. The van der Waals surface area contributed by atoms with E-state index in [1.807, 2.05) is 53.4 Å². The predicted molar refractivity (Wildman–Crippen MR) is 112 cm³/mol. The summed E-state index contributed by atoms with van der Waals surface area (Å²) in [7, 11) is 3.43. The molecule has 152 valence electrons. The van der Waals surface area contributed by atoms with Gasteiger partial charge in [0.15, 0.2) is 0 Å². The summed E-state index contributed by atoms with van der Waals surface area (Å²) in [5.41, 5.74) is 2.41. The molecule has 4 rings (SSSR count). The second-order valence-corrected chi connectivity index (χ2v) is 8.21. The Morgan fingerprint density at radius 2 is 1.69 bits per heavy atom. The Morgan fingerprint density at radius 1 is 1.03 bits per heavy atom. The molecule has 0 N–H and O–H groups in total. The Balaban J connectivity index is 1.78. The molecule has 0 spiro atoms. The van der Waals surface area contributed by atoms with Gasteiger partial charge in [0.2, 0.25) is 5.91 Å². The third-order valence-electron chi connectivity index (χ3n) is 6.40. The summed E-state index contributed by atoms with van der Waals surface area (Å²) >= 11 is 0. The molecule has 0 radical (unpaired) electrons. The molecule has 0 aliphatic carbocycles. The monoisotopic (exact) mass is 392 g/mol. The van der Waals surface area contributed by atoms with E-state index in [2.05, 4.69) is 6.92 Å². The van der Waals surface area contributed by atoms with Crippen LogP contribution >= 0.6 is 0 Å². The minimum Gasteiger partial charge on any atom is -0.497 e. The number of carbonyl (C=O) groups excluding carboxylic acids is 2. The maximum Gasteiger partial charge on any atom is 0.254 e. The number of rotatable bonds is 3. The Hall–Kier alpha value is -2.82. The molecule has 0 bridgehead atoms. The number of hydrogen-bond donors (Lipinski definition) is 0. The van der Waals surface area contributed by atoms with Gasteiger partial charge in [-0.3, -0.25) is 9.59 Å². The summed E-state index contributed by atoms with van der Waals surface area (Å²) in [6, 6.07) is 14.9. The van der Waals surface area contributed by atoms with Crippen molar-refractivity contribution in [1.82, 2.24) is 9.80 Å². The average Bonchev–Trinajstić information content (AvgIpc) is 2.76. The molecule has 1 saturated heterocycles. The predicted octanol–water partition coefficient (Wildman–Crippen LogP) is 3.86. The molecule has 2 heterocycles. The molecular weight excluding hydrogens is 364 g/mol. The van der Waals surface area contributed by atoms with Crippen molar-refractivity contribution in [1.29, 1.82) is 0 Å². The first-order valence-corrected chi connectivity index (χ1v) is 10.3. The van der Waals surface area contributed by atoms with Crippen molar-refractivity contribution in [2.24, 2.45) is 5.92 Å². The molecule has 2 aromatic rings. The smallest absolute Gasteiger partial charge is 0.254 e. The molecule has 0 unspecified atom stereocenters. The van der Waals surface area contributed by atoms with Gasteiger partial charge in [0.05, 0.1) is 19.1 Å². The van der Waals surface area contributed by atoms with E-state index in [1.54, 1.807) is 19.1 Å². The lowest BCUT2D eigenvalue weighted by Crippen LogP contribution is -2.48. The largest absolute Gasteiger partial charge is 0.497 e. The van der Waals surface area contributed by atoms with Gasteiger partial charge in [0, 0.05) is 25.7 Å². The van der Waals surface area contributed by atoms with E-state index in [0.717, 1.165) is 42.8 Å². The summed E-state index contributed by atoms with van der Waals surface area (Å²) < 4.78 is 5.28. The van der Waals surface area contributed by atoms with Crippen molar-refractivity contribution in [2.45, 2.75) is 31.7 Å². The minimum absolute atomic E-state index is 0.0438. The molecule has 2 aliphatic heterocycles. The summed E-state index contributed by atoms with van der Waals surface area (Å²) in [4.78, 5) is 30.5. The number of fused-ring (bicyclic) bond motifs is 1. The van der Waals surface area contributed by atoms with Crippen LogP contribution < -0.4 is 4.74 Å². The fraction of sp³-hybridized carbons (Fsp3) is 0.417. The molecule has 2 aromatic carbocycles. The van der Waals surface area contributed by atoms with Crippen LogP contribution in [-0.2, 0) is 4.79 Å². The first kappa shape index (κ1) is 19.5. The van der Waals surface area contributed by atoms with E-state index in [1.165, 1.54) is 0 Å². The van der Waals surface area contributed by atoms with E-state index in [0.29, 0.717) is 11.5 Å². The van der Waals surface area contributed by atoms with Crippen molar-refractivity contribution in [3.05, 3.63) is 65.2 Å². The molecule has 2 aliphatic rings. The fourth-order valence-corrected chi connectivity index (χ4v) is 4.58. The lowest BCUT2D eigenvalue weighted by atomic mass is 9.79. The number of ether oxygens (including phenoxy) is 1. The average molecular weight is 392 g/mol. The topological polar surface area (TPSA) is 49.9 Å². The summed E-state index contributed by atoms with van der Waals surface area (Å²) in [5.74, 6) is 1.07. The van der Waals surface area contributed by atoms with Gasteiger partial charge < -0.3 is 14.5 Å². The first-order valence-electron chi connectivity index (χ1n) is 10.3. The van der Waals surface area contributed by atoms with Gasteiger partial charge in [-0.25, -0.2) is 0 Å². The first-order chi connectivity index (χ1) is 14.0. The Kier molecular flexibility index (Phi) is 5.31. The van der Waals surface area contributed by atoms with Crippen molar-refractivity contribution in [3.8, 4) is 5.75 Å². The highest BCUT2D eigenvalue weighted by atomic mass is 16.5. The number of amides is 2. The zero-order valence-electron chi connectivity index (χ0n) is 17.3. The minimum atomic E-state index is -0.407. The number of hydrogen-bond acceptors (Lipinski definition) is 3. The summed E-state index contributed by atoms with van der Waals surface area (Å²) in [6.45, 7) is 3.81. The van der Waals surface area contributed by atoms with Crippen LogP contribution in [0.1, 0.15) is 53.2 Å². The van der Waals surface area contributed by atoms with Crippen LogP contribution in [0.25, 0.3) is 0 Å². The quantitative estimate of drug-likeness (QED) is 0.797. The van der Waals surface area contributed by atoms with Crippen molar-refractivity contribution in [3.63, 3.8) is 0 Å². The van der Waals surface area contributed by atoms with Gasteiger partial charge in [-0.05, 0) is 48.1 Å². The number of carbonyl (C=O) groups is 2. The third-order valence-corrected chi connectivity index (χ3v) is 6.40. The van der Waals surface area contributed by atoms with Gasteiger partial charge in [0.1, 0.15) is 5.75 Å². The molecule has 2 amide bonds. The summed E-state index contributed by atoms with van der Waals surface area (Å²) in [5, 5.41) is 0. The molecule has 0 aromatic heterocycles. The second-order valence-electron chi connectivity index (χ2n) is 8.21. The molecule has 1 fully saturated rings. The van der Waals surface area contributed by atoms with Crippen LogP contribution in [0, 0.1) is 5.92 Å². The van der Waals surface area contributed by atoms with E-state index in [-0.39, 0.29) is 17.9 Å². The molecule has 2 atom stereocenters. The Labute approximate surface area is 172 Å². The Bertz CT molecular complexity index is 901. The van der Waals surface area contributed by atoms with Crippen LogP contribution in [0.2, 0.25) is 0 Å². The van der Waals surface area contributed by atoms with Gasteiger partial charge in [0.25, 0.3) is 5.91 Å². The van der Waals surface area contributed by atoms with Crippen LogP contribution in [-0.4, -0.2) is 48.9 Å². The second kappa shape index (κ2) is 7.90. The maximum absolute atomic E-state index is 13.7. The lowest BCUT2D eigenvalue weighted by Gasteiger charge is -2.42. The zero-order valence-corrected chi connectivity index (χ0v) is 17.3. The number of likely N-dealkylation sites (N-methyl/N-ethyl adjacent to an activating group) is 1. The lowest BCUT2D eigenvalue weighted by molar-refractivity contribution is -0.135. The molecule has 29 heavy (non-hydrogen) atoms. The molecule has 5 nitrogen and oxygen atoms in total. The third kappa shape index (κ3) is 3.50.